The Morgan fingerprint density at radius 2 is 1.71 bits per heavy atom. The third kappa shape index (κ3) is 3.98. The molecule has 2 aliphatic rings. The molecule has 0 spiro atoms. The number of amides is 3. The van der Waals surface area contributed by atoms with Gasteiger partial charge in [-0.1, -0.05) is 23.8 Å². The molecular weight excluding hydrogens is 439 g/mol. The third-order valence-corrected chi connectivity index (χ3v) is 5.93. The minimum absolute atomic E-state index is 0.0876. The second kappa shape index (κ2) is 8.62. The molecule has 34 heavy (non-hydrogen) atoms. The average Bonchev–Trinajstić information content (AvgIpc) is 3.41. The Labute approximate surface area is 195 Å². The summed E-state index contributed by atoms with van der Waals surface area (Å²) in [5.41, 5.74) is 2.40. The molecule has 2 aliphatic heterocycles. The molecule has 5 rings (SSSR count). The maximum absolute atomic E-state index is 13.6. The molecule has 1 saturated heterocycles. The molecule has 172 valence electrons. The average molecular weight is 460 g/mol. The van der Waals surface area contributed by atoms with Crippen molar-refractivity contribution >= 4 is 23.4 Å². The van der Waals surface area contributed by atoms with Crippen LogP contribution in [0, 0.1) is 12.7 Å². The minimum atomic E-state index is -1.00. The number of fused-ring (bicyclic) bond motifs is 1. The van der Waals surface area contributed by atoms with Gasteiger partial charge in [-0.2, -0.15) is 0 Å². The predicted molar refractivity (Wildman–Crippen MR) is 121 cm³/mol. The van der Waals surface area contributed by atoms with Crippen molar-refractivity contribution in [2.75, 3.05) is 11.7 Å². The van der Waals surface area contributed by atoms with Crippen LogP contribution in [-0.4, -0.2) is 35.5 Å². The fraction of sp³-hybridized carbons (Fsp3) is 0.192. The lowest BCUT2D eigenvalue weighted by Gasteiger charge is -2.28. The molecule has 2 heterocycles. The number of benzene rings is 3. The second-order valence-corrected chi connectivity index (χ2v) is 8.25. The standard InChI is InChI=1S/C26H21FN2O5/c1-16-2-5-18(6-3-16)25(31)28(14-17-4-11-22-23(12-17)34-15-33-22)21-13-24(30)29(26(21)32)20-9-7-19(27)8-10-20/h2-12,21H,13-15H2,1H3. The lowest BCUT2D eigenvalue weighted by molar-refractivity contribution is -0.122. The number of hydrogen-bond acceptors (Lipinski definition) is 5. The van der Waals surface area contributed by atoms with Gasteiger partial charge in [0.1, 0.15) is 11.9 Å². The Morgan fingerprint density at radius 3 is 2.44 bits per heavy atom. The Kier molecular flexibility index (Phi) is 5.49. The first-order chi connectivity index (χ1) is 16.4. The number of aryl methyl sites for hydroxylation is 1. The van der Waals surface area contributed by atoms with Crippen LogP contribution >= 0.6 is 0 Å². The van der Waals surface area contributed by atoms with Crippen molar-refractivity contribution in [3.8, 4) is 11.5 Å². The molecule has 1 unspecified atom stereocenters. The Bertz CT molecular complexity index is 1270. The molecule has 0 bridgehead atoms. The lowest BCUT2D eigenvalue weighted by Crippen LogP contribution is -2.45. The van der Waals surface area contributed by atoms with E-state index < -0.39 is 23.7 Å². The quantitative estimate of drug-likeness (QED) is 0.541. The SMILES string of the molecule is Cc1ccc(C(=O)N(Cc2ccc3c(c2)OCO3)C2CC(=O)N(c3ccc(F)cc3)C2=O)cc1. The van der Waals surface area contributed by atoms with Crippen LogP contribution in [0.3, 0.4) is 0 Å². The van der Waals surface area contributed by atoms with Gasteiger partial charge in [0, 0.05) is 12.1 Å². The maximum Gasteiger partial charge on any atom is 0.257 e. The van der Waals surface area contributed by atoms with Crippen LogP contribution in [-0.2, 0) is 16.1 Å². The molecule has 3 aromatic rings. The van der Waals surface area contributed by atoms with E-state index in [0.717, 1.165) is 16.0 Å². The van der Waals surface area contributed by atoms with Gasteiger partial charge in [-0.15, -0.1) is 0 Å². The smallest absolute Gasteiger partial charge is 0.257 e. The summed E-state index contributed by atoms with van der Waals surface area (Å²) in [7, 11) is 0. The van der Waals surface area contributed by atoms with Gasteiger partial charge in [0.2, 0.25) is 12.7 Å². The largest absolute Gasteiger partial charge is 0.454 e. The first-order valence-corrected chi connectivity index (χ1v) is 10.8. The highest BCUT2D eigenvalue weighted by Gasteiger charge is 2.44. The van der Waals surface area contributed by atoms with Crippen LogP contribution in [0.25, 0.3) is 0 Å². The maximum atomic E-state index is 13.6. The Morgan fingerprint density at radius 1 is 1.00 bits per heavy atom. The molecule has 0 saturated carbocycles. The van der Waals surface area contributed by atoms with Crippen LogP contribution in [0.1, 0.15) is 27.9 Å². The molecule has 0 radical (unpaired) electrons. The summed E-state index contributed by atoms with van der Waals surface area (Å²) in [5.74, 6) is -0.660. The monoisotopic (exact) mass is 460 g/mol. The topological polar surface area (TPSA) is 76.2 Å². The van der Waals surface area contributed by atoms with Crippen LogP contribution < -0.4 is 14.4 Å². The van der Waals surface area contributed by atoms with Gasteiger partial charge in [-0.05, 0) is 61.0 Å². The molecule has 7 nitrogen and oxygen atoms in total. The van der Waals surface area contributed by atoms with E-state index in [1.165, 1.54) is 29.2 Å². The van der Waals surface area contributed by atoms with Crippen molar-refractivity contribution < 1.29 is 28.2 Å². The highest BCUT2D eigenvalue weighted by atomic mass is 19.1. The molecule has 0 N–H and O–H groups in total. The Balaban J connectivity index is 1.49. The highest BCUT2D eigenvalue weighted by molar-refractivity contribution is 6.23. The van der Waals surface area contributed by atoms with Gasteiger partial charge < -0.3 is 14.4 Å². The van der Waals surface area contributed by atoms with E-state index in [-0.39, 0.29) is 31.4 Å². The predicted octanol–water partition coefficient (Wildman–Crippen LogP) is 3.84. The van der Waals surface area contributed by atoms with Crippen molar-refractivity contribution in [1.82, 2.24) is 4.90 Å². The molecule has 0 aromatic heterocycles. The van der Waals surface area contributed by atoms with Crippen molar-refractivity contribution in [3.05, 3.63) is 89.2 Å². The number of halogens is 1. The zero-order valence-corrected chi connectivity index (χ0v) is 18.4. The van der Waals surface area contributed by atoms with Crippen LogP contribution in [0.5, 0.6) is 11.5 Å². The fourth-order valence-corrected chi connectivity index (χ4v) is 4.14. The lowest BCUT2D eigenvalue weighted by atomic mass is 10.1. The van der Waals surface area contributed by atoms with Gasteiger partial charge in [-0.3, -0.25) is 14.4 Å². The summed E-state index contributed by atoms with van der Waals surface area (Å²) >= 11 is 0. The number of anilines is 1. The van der Waals surface area contributed by atoms with E-state index in [1.54, 1.807) is 30.3 Å². The number of hydrogen-bond donors (Lipinski definition) is 0. The molecular formula is C26H21FN2O5. The van der Waals surface area contributed by atoms with E-state index in [9.17, 15) is 18.8 Å². The summed E-state index contributed by atoms with van der Waals surface area (Å²) < 4.78 is 24.2. The summed E-state index contributed by atoms with van der Waals surface area (Å²) in [6.07, 6.45) is -0.168. The van der Waals surface area contributed by atoms with Crippen LogP contribution in [0.2, 0.25) is 0 Å². The van der Waals surface area contributed by atoms with Gasteiger partial charge >= 0.3 is 0 Å². The van der Waals surface area contributed by atoms with Gasteiger partial charge in [0.15, 0.2) is 11.5 Å². The van der Waals surface area contributed by atoms with Crippen molar-refractivity contribution in [3.63, 3.8) is 0 Å². The number of rotatable bonds is 5. The molecule has 3 amide bonds. The zero-order chi connectivity index (χ0) is 23.8. The summed E-state index contributed by atoms with van der Waals surface area (Å²) in [5, 5.41) is 0. The van der Waals surface area contributed by atoms with E-state index in [1.807, 2.05) is 19.1 Å². The number of nitrogens with zero attached hydrogens (tertiary/aromatic N) is 2. The summed E-state index contributed by atoms with van der Waals surface area (Å²) in [4.78, 5) is 42.2. The molecule has 3 aromatic carbocycles. The van der Waals surface area contributed by atoms with E-state index in [0.29, 0.717) is 17.1 Å². The summed E-state index contributed by atoms with van der Waals surface area (Å²) in [6.45, 7) is 2.12. The van der Waals surface area contributed by atoms with Gasteiger partial charge in [0.25, 0.3) is 11.8 Å². The van der Waals surface area contributed by atoms with Crippen LogP contribution in [0.4, 0.5) is 10.1 Å². The number of imide groups is 1. The van der Waals surface area contributed by atoms with Crippen molar-refractivity contribution in [2.45, 2.75) is 25.9 Å². The number of ether oxygens (including phenoxy) is 2. The van der Waals surface area contributed by atoms with Crippen molar-refractivity contribution in [1.29, 1.82) is 0 Å². The van der Waals surface area contributed by atoms with Gasteiger partial charge in [-0.25, -0.2) is 9.29 Å². The van der Waals surface area contributed by atoms with Gasteiger partial charge in [0.05, 0.1) is 12.1 Å². The number of carbonyl (C=O) groups is 3. The zero-order valence-electron chi connectivity index (χ0n) is 18.4. The first-order valence-electron chi connectivity index (χ1n) is 10.8. The van der Waals surface area contributed by atoms with E-state index in [2.05, 4.69) is 0 Å². The molecule has 8 heteroatoms. The summed E-state index contributed by atoms with van der Waals surface area (Å²) in [6, 6.07) is 16.4. The van der Waals surface area contributed by atoms with E-state index in [4.69, 9.17) is 9.47 Å². The highest BCUT2D eigenvalue weighted by Crippen LogP contribution is 2.34. The first kappa shape index (κ1) is 21.6. The minimum Gasteiger partial charge on any atom is -0.454 e. The fourth-order valence-electron chi connectivity index (χ4n) is 4.14. The molecule has 1 fully saturated rings. The number of carbonyl (C=O) groups excluding carboxylic acids is 3. The van der Waals surface area contributed by atoms with E-state index >= 15 is 0 Å². The normalized spacial score (nSPS) is 16.8. The van der Waals surface area contributed by atoms with Crippen molar-refractivity contribution in [2.24, 2.45) is 0 Å². The molecule has 0 aliphatic carbocycles. The second-order valence-electron chi connectivity index (χ2n) is 8.25. The third-order valence-electron chi connectivity index (χ3n) is 5.93. The molecule has 1 atom stereocenters. The van der Waals surface area contributed by atoms with Crippen LogP contribution in [0.15, 0.2) is 66.7 Å². The Hall–Kier alpha value is -4.20.